The monoisotopic (exact) mass is 265 g/mol. The van der Waals surface area contributed by atoms with E-state index in [2.05, 4.69) is 6.07 Å². The number of amides is 1. The zero-order valence-electron chi connectivity index (χ0n) is 10.1. The molecule has 2 heterocycles. The van der Waals surface area contributed by atoms with Gasteiger partial charge in [0.25, 0.3) is 0 Å². The molecule has 1 aromatic rings. The minimum Gasteiger partial charge on any atom is -0.478 e. The van der Waals surface area contributed by atoms with Crippen molar-refractivity contribution in [1.82, 2.24) is 4.90 Å². The molecule has 0 fully saturated rings. The van der Waals surface area contributed by atoms with Gasteiger partial charge < -0.3 is 10.0 Å². The number of carboxylic acids is 1. The lowest BCUT2D eigenvalue weighted by Gasteiger charge is -2.34. The number of carboxylic acid groups (broad SMARTS) is 1. The van der Waals surface area contributed by atoms with Crippen molar-refractivity contribution in [2.24, 2.45) is 0 Å². The maximum atomic E-state index is 12.0. The van der Waals surface area contributed by atoms with E-state index in [0.717, 1.165) is 25.0 Å². The van der Waals surface area contributed by atoms with Crippen LogP contribution >= 0.6 is 11.3 Å². The van der Waals surface area contributed by atoms with Gasteiger partial charge in [-0.1, -0.05) is 6.92 Å². The summed E-state index contributed by atoms with van der Waals surface area (Å²) < 4.78 is 0. The van der Waals surface area contributed by atoms with Gasteiger partial charge in [0.05, 0.1) is 6.04 Å². The SMILES string of the molecule is CCC1c2ccsc2CCN1C(=O)/C=C/C(=O)O. The fourth-order valence-electron chi connectivity index (χ4n) is 2.34. The minimum atomic E-state index is -1.09. The molecule has 2 rings (SSSR count). The molecule has 0 aliphatic carbocycles. The lowest BCUT2D eigenvalue weighted by Crippen LogP contribution is -2.38. The van der Waals surface area contributed by atoms with Crippen molar-refractivity contribution in [2.75, 3.05) is 6.54 Å². The first-order valence-corrected chi connectivity index (χ1v) is 6.79. The van der Waals surface area contributed by atoms with Crippen LogP contribution in [0.5, 0.6) is 0 Å². The van der Waals surface area contributed by atoms with Crippen LogP contribution in [0, 0.1) is 0 Å². The molecule has 1 N–H and O–H groups in total. The number of hydrogen-bond donors (Lipinski definition) is 1. The molecule has 4 nitrogen and oxygen atoms in total. The second kappa shape index (κ2) is 5.35. The van der Waals surface area contributed by atoms with E-state index in [1.807, 2.05) is 12.3 Å². The van der Waals surface area contributed by atoms with Crippen molar-refractivity contribution in [3.8, 4) is 0 Å². The molecule has 0 saturated heterocycles. The molecule has 18 heavy (non-hydrogen) atoms. The first kappa shape index (κ1) is 12.8. The Balaban J connectivity index is 2.20. The fraction of sp³-hybridized carbons (Fsp3) is 0.385. The second-order valence-corrected chi connectivity index (χ2v) is 5.18. The number of hydrogen-bond acceptors (Lipinski definition) is 3. The zero-order valence-corrected chi connectivity index (χ0v) is 10.9. The van der Waals surface area contributed by atoms with E-state index in [-0.39, 0.29) is 11.9 Å². The largest absolute Gasteiger partial charge is 0.478 e. The predicted molar refractivity (Wildman–Crippen MR) is 69.5 cm³/mol. The Morgan fingerprint density at radius 2 is 2.33 bits per heavy atom. The average Bonchev–Trinajstić information content (AvgIpc) is 2.82. The van der Waals surface area contributed by atoms with E-state index in [9.17, 15) is 9.59 Å². The van der Waals surface area contributed by atoms with Gasteiger partial charge in [-0.2, -0.15) is 0 Å². The van der Waals surface area contributed by atoms with Gasteiger partial charge in [-0.25, -0.2) is 4.79 Å². The Labute approximate surface area is 110 Å². The van der Waals surface area contributed by atoms with E-state index in [1.165, 1.54) is 10.4 Å². The third-order valence-corrected chi connectivity index (χ3v) is 4.13. The van der Waals surface area contributed by atoms with Crippen molar-refractivity contribution in [3.63, 3.8) is 0 Å². The van der Waals surface area contributed by atoms with Crippen molar-refractivity contribution >= 4 is 23.2 Å². The summed E-state index contributed by atoms with van der Waals surface area (Å²) >= 11 is 1.73. The van der Waals surface area contributed by atoms with Gasteiger partial charge in [0.1, 0.15) is 0 Å². The van der Waals surface area contributed by atoms with Crippen molar-refractivity contribution in [2.45, 2.75) is 25.8 Å². The van der Waals surface area contributed by atoms with Gasteiger partial charge in [0, 0.05) is 23.6 Å². The number of carbonyl (C=O) groups excluding carboxylic acids is 1. The molecule has 5 heteroatoms. The van der Waals surface area contributed by atoms with Crippen LogP contribution in [0.15, 0.2) is 23.6 Å². The molecule has 0 bridgehead atoms. The van der Waals surface area contributed by atoms with Gasteiger partial charge in [-0.15, -0.1) is 11.3 Å². The van der Waals surface area contributed by atoms with Crippen molar-refractivity contribution in [1.29, 1.82) is 0 Å². The Hall–Kier alpha value is -1.62. The number of thiophene rings is 1. The summed E-state index contributed by atoms with van der Waals surface area (Å²) in [6.45, 7) is 2.70. The number of nitrogens with zero attached hydrogens (tertiary/aromatic N) is 1. The molecule has 1 unspecified atom stereocenters. The lowest BCUT2D eigenvalue weighted by molar-refractivity contribution is -0.133. The Morgan fingerprint density at radius 3 is 3.00 bits per heavy atom. The van der Waals surface area contributed by atoms with E-state index >= 15 is 0 Å². The molecule has 96 valence electrons. The highest BCUT2D eigenvalue weighted by molar-refractivity contribution is 7.10. The Morgan fingerprint density at radius 1 is 1.56 bits per heavy atom. The molecule has 0 radical (unpaired) electrons. The van der Waals surface area contributed by atoms with E-state index < -0.39 is 5.97 Å². The predicted octanol–water partition coefficient (Wildman–Crippen LogP) is 2.22. The van der Waals surface area contributed by atoms with Crippen LogP contribution in [0.1, 0.15) is 29.8 Å². The van der Waals surface area contributed by atoms with Gasteiger partial charge >= 0.3 is 5.97 Å². The summed E-state index contributed by atoms with van der Waals surface area (Å²) in [6.07, 6.45) is 3.74. The molecule has 1 amide bonds. The van der Waals surface area contributed by atoms with Gasteiger partial charge in [0.15, 0.2) is 0 Å². The molecular formula is C13H15NO3S. The van der Waals surface area contributed by atoms with E-state index in [4.69, 9.17) is 5.11 Å². The van der Waals surface area contributed by atoms with Crippen molar-refractivity contribution in [3.05, 3.63) is 34.0 Å². The minimum absolute atomic E-state index is 0.0749. The maximum Gasteiger partial charge on any atom is 0.328 e. The normalized spacial score (nSPS) is 18.9. The number of carbonyl (C=O) groups is 2. The van der Waals surface area contributed by atoms with Crippen LogP contribution in [0.4, 0.5) is 0 Å². The number of rotatable bonds is 3. The van der Waals surface area contributed by atoms with Crippen LogP contribution in [-0.2, 0) is 16.0 Å². The molecule has 0 aromatic carbocycles. The number of aliphatic carboxylic acids is 1. The Bertz CT molecular complexity index is 492. The molecule has 1 atom stereocenters. The number of fused-ring (bicyclic) bond motifs is 1. The topological polar surface area (TPSA) is 57.6 Å². The summed E-state index contributed by atoms with van der Waals surface area (Å²) in [5, 5.41) is 10.6. The highest BCUT2D eigenvalue weighted by Crippen LogP contribution is 2.35. The molecule has 1 aromatic heterocycles. The third kappa shape index (κ3) is 2.46. The zero-order chi connectivity index (χ0) is 13.1. The van der Waals surface area contributed by atoms with Crippen LogP contribution in [0.25, 0.3) is 0 Å². The van der Waals surface area contributed by atoms with Crippen LogP contribution in [0.3, 0.4) is 0 Å². The highest BCUT2D eigenvalue weighted by Gasteiger charge is 2.29. The smallest absolute Gasteiger partial charge is 0.328 e. The summed E-state index contributed by atoms with van der Waals surface area (Å²) in [4.78, 5) is 25.5. The Kier molecular flexibility index (Phi) is 3.81. The fourth-order valence-corrected chi connectivity index (χ4v) is 3.27. The average molecular weight is 265 g/mol. The molecule has 1 aliphatic rings. The summed E-state index contributed by atoms with van der Waals surface area (Å²) in [7, 11) is 0. The summed E-state index contributed by atoms with van der Waals surface area (Å²) in [5.41, 5.74) is 1.21. The highest BCUT2D eigenvalue weighted by atomic mass is 32.1. The molecule has 0 saturated carbocycles. The first-order chi connectivity index (χ1) is 8.63. The van der Waals surface area contributed by atoms with Crippen LogP contribution in [-0.4, -0.2) is 28.4 Å². The standard InChI is InChI=1S/C13H15NO3S/c1-2-10-9-6-8-18-11(9)5-7-14(10)12(15)3-4-13(16)17/h3-4,6,8,10H,2,5,7H2,1H3,(H,16,17)/b4-3+. The van der Waals surface area contributed by atoms with Crippen molar-refractivity contribution < 1.29 is 14.7 Å². The molecular weight excluding hydrogens is 250 g/mol. The molecule has 0 spiro atoms. The van der Waals surface area contributed by atoms with Crippen LogP contribution in [0.2, 0.25) is 0 Å². The summed E-state index contributed by atoms with van der Waals surface area (Å²) in [5.74, 6) is -1.31. The van der Waals surface area contributed by atoms with Gasteiger partial charge in [-0.05, 0) is 29.9 Å². The summed E-state index contributed by atoms with van der Waals surface area (Å²) in [6, 6.07) is 2.14. The lowest BCUT2D eigenvalue weighted by atomic mass is 9.98. The van der Waals surface area contributed by atoms with E-state index in [1.54, 1.807) is 16.2 Å². The quantitative estimate of drug-likeness (QED) is 0.853. The second-order valence-electron chi connectivity index (χ2n) is 4.18. The molecule has 1 aliphatic heterocycles. The first-order valence-electron chi connectivity index (χ1n) is 5.91. The maximum absolute atomic E-state index is 12.0. The van der Waals surface area contributed by atoms with Gasteiger partial charge in [-0.3, -0.25) is 4.79 Å². The van der Waals surface area contributed by atoms with Crippen LogP contribution < -0.4 is 0 Å². The van der Waals surface area contributed by atoms with E-state index in [0.29, 0.717) is 6.54 Å². The van der Waals surface area contributed by atoms with Gasteiger partial charge in [0.2, 0.25) is 5.91 Å². The third-order valence-electron chi connectivity index (χ3n) is 3.13.